The Balaban J connectivity index is 3.05. The first-order valence-electron chi connectivity index (χ1n) is 3.51. The van der Waals surface area contributed by atoms with Gasteiger partial charge >= 0.3 is 0 Å². The second-order valence-electron chi connectivity index (χ2n) is 2.46. The molecule has 1 heterocycles. The lowest BCUT2D eigenvalue weighted by Gasteiger charge is -2.05. The maximum atomic E-state index is 11.1. The zero-order valence-corrected chi connectivity index (χ0v) is 7.01. The van der Waals surface area contributed by atoms with Crippen molar-refractivity contribution < 1.29 is 9.46 Å². The van der Waals surface area contributed by atoms with Crippen LogP contribution in [0.25, 0.3) is 11.0 Å². The van der Waals surface area contributed by atoms with Crippen molar-refractivity contribution in [3.8, 4) is 0 Å². The van der Waals surface area contributed by atoms with Gasteiger partial charge in [0.25, 0.3) is 5.58 Å². The van der Waals surface area contributed by atoms with E-state index in [1.54, 1.807) is 22.4 Å². The zero-order valence-electron chi connectivity index (χ0n) is 6.19. The predicted octanol–water partition coefficient (Wildman–Crippen LogP) is 1.97. The average Bonchev–Trinajstić information content (AvgIpc) is 2.12. The zero-order chi connectivity index (χ0) is 8.55. The summed E-state index contributed by atoms with van der Waals surface area (Å²) in [4.78, 5) is 0. The third kappa shape index (κ3) is 0.987. The molecule has 2 aromatic rings. The molecule has 0 aliphatic carbocycles. The van der Waals surface area contributed by atoms with Crippen LogP contribution in [0.2, 0.25) is 0 Å². The number of benzene rings is 1. The smallest absolute Gasteiger partial charge is 0.289 e. The van der Waals surface area contributed by atoms with E-state index < -0.39 is 0 Å². The van der Waals surface area contributed by atoms with Crippen LogP contribution in [-0.2, 0) is 0 Å². The molecule has 0 aliphatic heterocycles. The molecule has 12 heavy (non-hydrogen) atoms. The third-order valence-electron chi connectivity index (χ3n) is 1.71. The maximum Gasteiger partial charge on any atom is 0.289 e. The molecule has 0 spiro atoms. The van der Waals surface area contributed by atoms with Gasteiger partial charge in [-0.15, -0.1) is 0 Å². The van der Waals surface area contributed by atoms with Crippen molar-refractivity contribution in [2.24, 2.45) is 0 Å². The molecule has 0 fully saturated rings. The van der Waals surface area contributed by atoms with Crippen LogP contribution in [0.5, 0.6) is 0 Å². The fraction of sp³-hybridized carbons (Fsp3) is 0. The normalized spacial score (nSPS) is 10.3. The van der Waals surface area contributed by atoms with Crippen LogP contribution in [0, 0.1) is 4.51 Å². The molecule has 0 amide bonds. The maximum absolute atomic E-state index is 11.1. The summed E-state index contributed by atoms with van der Waals surface area (Å²) >= 11 is 5.05. The molecule has 1 aromatic heterocycles. The van der Waals surface area contributed by atoms with Gasteiger partial charge in [-0.1, -0.05) is 24.4 Å². The van der Waals surface area contributed by atoms with Gasteiger partial charge in [-0.05, 0) is 6.07 Å². The van der Waals surface area contributed by atoms with E-state index >= 15 is 0 Å². The third-order valence-corrected chi connectivity index (χ3v) is 2.07. The van der Waals surface area contributed by atoms with Gasteiger partial charge in [-0.3, -0.25) is 0 Å². The van der Waals surface area contributed by atoms with Crippen LogP contribution >= 0.6 is 12.2 Å². The minimum Gasteiger partial charge on any atom is -0.556 e. The quantitative estimate of drug-likeness (QED) is 0.350. The summed E-state index contributed by atoms with van der Waals surface area (Å²) in [5.41, 5.74) is 0.546. The topological polar surface area (TPSA) is 25.8 Å². The fourth-order valence-corrected chi connectivity index (χ4v) is 1.36. The van der Waals surface area contributed by atoms with Crippen LogP contribution < -0.4 is 5.26 Å². The van der Waals surface area contributed by atoms with Gasteiger partial charge in [0.15, 0.2) is 0 Å². The Hall–Kier alpha value is -1.35. The molecular weight excluding hydrogens is 172 g/mol. The van der Waals surface area contributed by atoms with Gasteiger partial charge in [0.1, 0.15) is 0 Å². The van der Waals surface area contributed by atoms with E-state index in [2.05, 4.69) is 0 Å². The molecule has 2 rings (SSSR count). The average molecular weight is 178 g/mol. The summed E-state index contributed by atoms with van der Waals surface area (Å²) in [6.07, 6.45) is 1.35. The van der Waals surface area contributed by atoms with Gasteiger partial charge in [-0.2, -0.15) is 0 Å². The van der Waals surface area contributed by atoms with E-state index in [1.165, 1.54) is 6.26 Å². The molecule has 0 radical (unpaired) electrons. The van der Waals surface area contributed by atoms with E-state index in [-0.39, 0.29) is 0 Å². The van der Waals surface area contributed by atoms with Crippen LogP contribution in [0.1, 0.15) is 0 Å². The van der Waals surface area contributed by atoms with Crippen molar-refractivity contribution in [1.82, 2.24) is 0 Å². The van der Waals surface area contributed by atoms with Crippen molar-refractivity contribution in [2.75, 3.05) is 0 Å². The number of hydrogen-bond donors (Lipinski definition) is 0. The summed E-state index contributed by atoms with van der Waals surface area (Å²) in [7, 11) is 0. The van der Waals surface area contributed by atoms with E-state index in [4.69, 9.17) is 12.2 Å². The van der Waals surface area contributed by atoms with Crippen molar-refractivity contribution >= 4 is 23.2 Å². The number of rotatable bonds is 0. The molecule has 1 aromatic carbocycles. The Kier molecular flexibility index (Phi) is 1.59. The molecule has 0 bridgehead atoms. The van der Waals surface area contributed by atoms with Crippen LogP contribution in [0.3, 0.4) is 0 Å². The second-order valence-corrected chi connectivity index (χ2v) is 2.90. The Morgan fingerprint density at radius 2 is 1.92 bits per heavy atom. The van der Waals surface area contributed by atoms with E-state index in [1.807, 2.05) is 12.1 Å². The molecule has 0 saturated carbocycles. The number of fused-ring (bicyclic) bond motifs is 1. The van der Waals surface area contributed by atoms with E-state index in [9.17, 15) is 5.26 Å². The van der Waals surface area contributed by atoms with Crippen molar-refractivity contribution in [3.63, 3.8) is 0 Å². The largest absolute Gasteiger partial charge is 0.556 e. The van der Waals surface area contributed by atoms with Crippen LogP contribution in [-0.4, -0.2) is 0 Å². The first-order valence-corrected chi connectivity index (χ1v) is 3.92. The van der Waals surface area contributed by atoms with Crippen molar-refractivity contribution in [3.05, 3.63) is 41.1 Å². The highest BCUT2D eigenvalue weighted by Gasteiger charge is 2.01. The van der Waals surface area contributed by atoms with Crippen LogP contribution in [0.15, 0.2) is 40.8 Å². The van der Waals surface area contributed by atoms with E-state index in [0.717, 1.165) is 5.39 Å². The highest BCUT2D eigenvalue weighted by molar-refractivity contribution is 7.71. The van der Waals surface area contributed by atoms with Gasteiger partial charge in [-0.25, -0.2) is 0 Å². The first kappa shape index (κ1) is 7.31. The lowest BCUT2D eigenvalue weighted by Crippen LogP contribution is -1.99. The molecule has 0 unspecified atom stereocenters. The molecular formula is C9H6O2S. The number of para-hydroxylation sites is 1. The highest BCUT2D eigenvalue weighted by Crippen LogP contribution is 2.16. The standard InChI is InChI=1S/C9H6O2S/c10-11-6-5-9(12)7-3-1-2-4-8(7)11/h1-6H. The molecule has 0 N–H and O–H groups in total. The summed E-state index contributed by atoms with van der Waals surface area (Å²) in [6.45, 7) is 0. The summed E-state index contributed by atoms with van der Waals surface area (Å²) < 4.78 is 2.31. The molecule has 3 heteroatoms. The van der Waals surface area contributed by atoms with Crippen molar-refractivity contribution in [1.29, 1.82) is 0 Å². The summed E-state index contributed by atoms with van der Waals surface area (Å²) in [5.74, 6) is 0. The molecule has 0 saturated heterocycles. The summed E-state index contributed by atoms with van der Waals surface area (Å²) in [6, 6.07) is 8.83. The minimum absolute atomic E-state index is 0.546. The van der Waals surface area contributed by atoms with Gasteiger partial charge in [0, 0.05) is 12.1 Å². The predicted molar refractivity (Wildman–Crippen MR) is 47.0 cm³/mol. The monoisotopic (exact) mass is 178 g/mol. The second kappa shape index (κ2) is 2.60. The van der Waals surface area contributed by atoms with Gasteiger partial charge in [0.2, 0.25) is 6.26 Å². The van der Waals surface area contributed by atoms with E-state index in [0.29, 0.717) is 10.1 Å². The Bertz CT molecular complexity index is 473. The Labute approximate surface area is 74.3 Å². The lowest BCUT2D eigenvalue weighted by atomic mass is 10.2. The lowest BCUT2D eigenvalue weighted by molar-refractivity contribution is -0.688. The fourth-order valence-electron chi connectivity index (χ4n) is 1.13. The summed E-state index contributed by atoms with van der Waals surface area (Å²) in [5, 5.41) is 11.9. The Morgan fingerprint density at radius 1 is 1.17 bits per heavy atom. The minimum atomic E-state index is 0.546. The molecule has 2 nitrogen and oxygen atoms in total. The molecule has 0 atom stereocenters. The molecule has 60 valence electrons. The number of hydrogen-bond acceptors (Lipinski definition) is 2. The van der Waals surface area contributed by atoms with Crippen LogP contribution in [0.4, 0.5) is 0 Å². The first-order chi connectivity index (χ1) is 5.79. The van der Waals surface area contributed by atoms with Gasteiger partial charge in [0.05, 0.1) is 9.90 Å². The highest BCUT2D eigenvalue weighted by atomic mass is 32.1. The SMILES string of the molecule is [O-][o+]1ccc(=S)c2ccccc21. The molecule has 0 aliphatic rings. The van der Waals surface area contributed by atoms with Crippen molar-refractivity contribution in [2.45, 2.75) is 0 Å². The Morgan fingerprint density at radius 3 is 2.67 bits per heavy atom. The van der Waals surface area contributed by atoms with Gasteiger partial charge < -0.3 is 9.46 Å².